The van der Waals surface area contributed by atoms with Gasteiger partial charge in [0, 0.05) is 12.6 Å². The Balaban J connectivity index is 2.34. The average Bonchev–Trinajstić information content (AvgIpc) is 3.07. The van der Waals surface area contributed by atoms with Crippen molar-refractivity contribution in [2.75, 3.05) is 27.2 Å². The van der Waals surface area contributed by atoms with Crippen molar-refractivity contribution in [3.8, 4) is 0 Å². The first-order valence-electron chi connectivity index (χ1n) is 7.45. The maximum absolute atomic E-state index is 12.1. The molecule has 0 bridgehead atoms. The highest BCUT2D eigenvalue weighted by Gasteiger charge is 2.25. The molecule has 0 aromatic carbocycles. The van der Waals surface area contributed by atoms with Crippen molar-refractivity contribution in [2.24, 2.45) is 11.8 Å². The molecule has 4 nitrogen and oxygen atoms in total. The molecule has 2 unspecified atom stereocenters. The smallest absolute Gasteiger partial charge is 0.249 e. The van der Waals surface area contributed by atoms with Gasteiger partial charge in [-0.05, 0) is 52.1 Å². The van der Waals surface area contributed by atoms with E-state index in [0.29, 0.717) is 11.8 Å². The molecule has 1 saturated carbocycles. The number of carbonyl (C=O) groups excluding carboxylic acids is 1. The maximum Gasteiger partial charge on any atom is 0.249 e. The van der Waals surface area contributed by atoms with Crippen molar-refractivity contribution in [2.45, 2.75) is 52.2 Å². The van der Waals surface area contributed by atoms with Crippen LogP contribution in [0.5, 0.6) is 0 Å². The molecule has 0 saturated heterocycles. The lowest BCUT2D eigenvalue weighted by molar-refractivity contribution is -0.133. The second-order valence-electron chi connectivity index (χ2n) is 6.52. The molecular weight excluding hydrogens is 240 g/mol. The van der Waals surface area contributed by atoms with E-state index >= 15 is 0 Å². The fourth-order valence-electron chi connectivity index (χ4n) is 2.15. The Morgan fingerprint density at radius 2 is 1.95 bits per heavy atom. The molecule has 1 aliphatic rings. The Labute approximate surface area is 117 Å². The van der Waals surface area contributed by atoms with E-state index in [1.54, 1.807) is 0 Å². The van der Waals surface area contributed by atoms with Gasteiger partial charge in [-0.25, -0.2) is 0 Å². The summed E-state index contributed by atoms with van der Waals surface area (Å²) in [5.41, 5.74) is 0. The van der Waals surface area contributed by atoms with Gasteiger partial charge in [-0.1, -0.05) is 13.8 Å². The molecule has 19 heavy (non-hydrogen) atoms. The van der Waals surface area contributed by atoms with Crippen molar-refractivity contribution in [3.05, 3.63) is 0 Å². The van der Waals surface area contributed by atoms with E-state index in [0.717, 1.165) is 19.6 Å². The quantitative estimate of drug-likeness (QED) is 0.696. The summed E-state index contributed by atoms with van der Waals surface area (Å²) in [5, 5.41) is 3.12. The lowest BCUT2D eigenvalue weighted by Gasteiger charge is -2.25. The van der Waals surface area contributed by atoms with Crippen LogP contribution in [0.4, 0.5) is 0 Å². The van der Waals surface area contributed by atoms with Crippen molar-refractivity contribution < 1.29 is 9.53 Å². The summed E-state index contributed by atoms with van der Waals surface area (Å²) in [6.07, 6.45) is 3.17. The van der Waals surface area contributed by atoms with Crippen molar-refractivity contribution >= 4 is 5.91 Å². The predicted molar refractivity (Wildman–Crippen MR) is 78.1 cm³/mol. The first kappa shape index (κ1) is 16.4. The van der Waals surface area contributed by atoms with E-state index in [1.165, 1.54) is 12.8 Å². The number of nitrogens with zero attached hydrogens (tertiary/aromatic N) is 1. The molecule has 1 aliphatic carbocycles. The Hall–Kier alpha value is -0.610. The number of hydrogen-bond donors (Lipinski definition) is 1. The fourth-order valence-corrected chi connectivity index (χ4v) is 2.15. The minimum atomic E-state index is -0.336. The Morgan fingerprint density at radius 1 is 1.32 bits per heavy atom. The van der Waals surface area contributed by atoms with Gasteiger partial charge in [-0.2, -0.15) is 0 Å². The van der Waals surface area contributed by atoms with Crippen LogP contribution >= 0.6 is 0 Å². The molecule has 4 heteroatoms. The number of amides is 1. The van der Waals surface area contributed by atoms with Gasteiger partial charge >= 0.3 is 0 Å². The third-order valence-corrected chi connectivity index (χ3v) is 3.34. The number of carbonyl (C=O) groups is 1. The van der Waals surface area contributed by atoms with Crippen LogP contribution in [0.25, 0.3) is 0 Å². The van der Waals surface area contributed by atoms with E-state index in [4.69, 9.17) is 4.74 Å². The van der Waals surface area contributed by atoms with Crippen LogP contribution < -0.4 is 5.32 Å². The Kier molecular flexibility index (Phi) is 6.80. The van der Waals surface area contributed by atoms with Gasteiger partial charge in [0.25, 0.3) is 0 Å². The first-order chi connectivity index (χ1) is 8.88. The number of rotatable bonds is 9. The summed E-state index contributed by atoms with van der Waals surface area (Å²) < 4.78 is 5.61. The largest absolute Gasteiger partial charge is 0.368 e. The molecule has 0 radical (unpaired) electrons. The molecule has 1 rings (SSSR count). The van der Waals surface area contributed by atoms with Gasteiger partial charge in [0.15, 0.2) is 0 Å². The molecular formula is C15H30N2O2. The van der Waals surface area contributed by atoms with E-state index in [1.807, 2.05) is 21.0 Å². The molecule has 1 amide bonds. The molecule has 2 atom stereocenters. The zero-order chi connectivity index (χ0) is 14.4. The van der Waals surface area contributed by atoms with Crippen molar-refractivity contribution in [1.82, 2.24) is 10.2 Å². The molecule has 0 heterocycles. The summed E-state index contributed by atoms with van der Waals surface area (Å²) in [4.78, 5) is 14.2. The zero-order valence-corrected chi connectivity index (χ0v) is 13.1. The fraction of sp³-hybridized carbons (Fsp3) is 0.933. The van der Waals surface area contributed by atoms with Crippen LogP contribution in [0.3, 0.4) is 0 Å². The summed E-state index contributed by atoms with van der Waals surface area (Å²) >= 11 is 0. The van der Waals surface area contributed by atoms with Crippen LogP contribution in [-0.2, 0) is 9.53 Å². The van der Waals surface area contributed by atoms with Crippen LogP contribution in [-0.4, -0.2) is 50.2 Å². The summed E-state index contributed by atoms with van der Waals surface area (Å²) in [6.45, 7) is 7.82. The molecule has 0 aromatic rings. The minimum absolute atomic E-state index is 0.0214. The van der Waals surface area contributed by atoms with Crippen LogP contribution in [0.2, 0.25) is 0 Å². The second kappa shape index (κ2) is 7.85. The van der Waals surface area contributed by atoms with Crippen LogP contribution in [0, 0.1) is 11.8 Å². The van der Waals surface area contributed by atoms with E-state index in [9.17, 15) is 4.79 Å². The van der Waals surface area contributed by atoms with Crippen molar-refractivity contribution in [3.63, 3.8) is 0 Å². The summed E-state index contributed by atoms with van der Waals surface area (Å²) in [6, 6.07) is 0.203. The van der Waals surface area contributed by atoms with Crippen LogP contribution in [0.1, 0.15) is 40.0 Å². The van der Waals surface area contributed by atoms with E-state index in [-0.39, 0.29) is 18.1 Å². The van der Waals surface area contributed by atoms with Gasteiger partial charge in [0.1, 0.15) is 6.10 Å². The topological polar surface area (TPSA) is 41.6 Å². The third-order valence-electron chi connectivity index (χ3n) is 3.34. The molecule has 0 aliphatic heterocycles. The predicted octanol–water partition coefficient (Wildman–Crippen LogP) is 1.89. The standard InChI is InChI=1S/C15H30N2O2/c1-11(2)8-14(9-17(4)5)16-15(18)12(3)19-10-13-6-7-13/h11-14H,6-10H2,1-5H3,(H,16,18). The normalized spacial score (nSPS) is 18.7. The Morgan fingerprint density at radius 3 is 2.42 bits per heavy atom. The molecule has 1 N–H and O–H groups in total. The molecule has 112 valence electrons. The number of likely N-dealkylation sites (N-methyl/N-ethyl adjacent to an activating group) is 1. The SMILES string of the molecule is CC(C)CC(CN(C)C)NC(=O)C(C)OCC1CC1. The highest BCUT2D eigenvalue weighted by Crippen LogP contribution is 2.29. The van der Waals surface area contributed by atoms with E-state index < -0.39 is 0 Å². The van der Waals surface area contributed by atoms with Gasteiger partial charge in [0.05, 0.1) is 6.61 Å². The van der Waals surface area contributed by atoms with Gasteiger partial charge < -0.3 is 15.0 Å². The zero-order valence-electron chi connectivity index (χ0n) is 13.1. The maximum atomic E-state index is 12.1. The summed E-state index contributed by atoms with van der Waals surface area (Å²) in [7, 11) is 4.07. The lowest BCUT2D eigenvalue weighted by Crippen LogP contribution is -2.46. The van der Waals surface area contributed by atoms with Crippen molar-refractivity contribution in [1.29, 1.82) is 0 Å². The number of nitrogens with one attached hydrogen (secondary N) is 1. The molecule has 1 fully saturated rings. The van der Waals surface area contributed by atoms with Gasteiger partial charge in [0.2, 0.25) is 5.91 Å². The first-order valence-corrected chi connectivity index (χ1v) is 7.45. The molecule has 0 spiro atoms. The highest BCUT2D eigenvalue weighted by atomic mass is 16.5. The number of hydrogen-bond acceptors (Lipinski definition) is 3. The van der Waals surface area contributed by atoms with Gasteiger partial charge in [-0.15, -0.1) is 0 Å². The van der Waals surface area contributed by atoms with E-state index in [2.05, 4.69) is 24.1 Å². The minimum Gasteiger partial charge on any atom is -0.368 e. The third kappa shape index (κ3) is 7.53. The lowest BCUT2D eigenvalue weighted by atomic mass is 10.0. The second-order valence-corrected chi connectivity index (χ2v) is 6.52. The van der Waals surface area contributed by atoms with Crippen LogP contribution in [0.15, 0.2) is 0 Å². The average molecular weight is 270 g/mol. The number of ether oxygens (including phenoxy) is 1. The van der Waals surface area contributed by atoms with Gasteiger partial charge in [-0.3, -0.25) is 4.79 Å². The molecule has 0 aromatic heterocycles. The highest BCUT2D eigenvalue weighted by molar-refractivity contribution is 5.80. The summed E-state index contributed by atoms with van der Waals surface area (Å²) in [5.74, 6) is 1.30. The monoisotopic (exact) mass is 270 g/mol. The Bertz CT molecular complexity index is 265.